The van der Waals surface area contributed by atoms with Gasteiger partial charge in [0.1, 0.15) is 18.1 Å². The molecular formula is C17H19F3N2O5. The molecule has 1 amide bonds. The lowest BCUT2D eigenvalue weighted by molar-refractivity contribution is -0.274. The number of halogens is 3. The van der Waals surface area contributed by atoms with Gasteiger partial charge in [0.25, 0.3) is 0 Å². The summed E-state index contributed by atoms with van der Waals surface area (Å²) in [4.78, 5) is 38.2. The zero-order valence-corrected chi connectivity index (χ0v) is 14.6. The van der Waals surface area contributed by atoms with Crippen LogP contribution in [0.25, 0.3) is 0 Å². The van der Waals surface area contributed by atoms with Gasteiger partial charge < -0.3 is 24.1 Å². The Hall–Kier alpha value is -2.78. The van der Waals surface area contributed by atoms with Crippen molar-refractivity contribution in [3.8, 4) is 5.75 Å². The minimum Gasteiger partial charge on any atom is -0.467 e. The zero-order chi connectivity index (χ0) is 20.0. The van der Waals surface area contributed by atoms with E-state index in [0.29, 0.717) is 25.1 Å². The van der Waals surface area contributed by atoms with E-state index in [9.17, 15) is 27.6 Å². The van der Waals surface area contributed by atoms with Crippen molar-refractivity contribution in [1.29, 1.82) is 0 Å². The van der Waals surface area contributed by atoms with Gasteiger partial charge in [0.05, 0.1) is 7.11 Å². The van der Waals surface area contributed by atoms with Gasteiger partial charge >= 0.3 is 12.3 Å². The highest BCUT2D eigenvalue weighted by molar-refractivity contribution is 5.86. The van der Waals surface area contributed by atoms with Gasteiger partial charge in [-0.2, -0.15) is 0 Å². The number of carbonyl (C=O) groups excluding carboxylic acids is 3. The summed E-state index contributed by atoms with van der Waals surface area (Å²) in [5.41, 5.74) is 0.615. The highest BCUT2D eigenvalue weighted by atomic mass is 19.4. The minimum atomic E-state index is -4.77. The predicted molar refractivity (Wildman–Crippen MR) is 88.2 cm³/mol. The molecule has 1 saturated heterocycles. The van der Waals surface area contributed by atoms with Crippen molar-refractivity contribution >= 4 is 23.9 Å². The highest BCUT2D eigenvalue weighted by Crippen LogP contribution is 2.26. The van der Waals surface area contributed by atoms with Crippen molar-refractivity contribution in [2.45, 2.75) is 25.2 Å². The zero-order valence-electron chi connectivity index (χ0n) is 14.6. The molecule has 2 rings (SSSR count). The Morgan fingerprint density at radius 1 is 1.22 bits per heavy atom. The Morgan fingerprint density at radius 3 is 2.44 bits per heavy atom. The molecule has 1 fully saturated rings. The summed E-state index contributed by atoms with van der Waals surface area (Å²) in [6.07, 6.45) is -4.29. The first-order valence-corrected chi connectivity index (χ1v) is 8.17. The van der Waals surface area contributed by atoms with Crippen molar-refractivity contribution in [1.82, 2.24) is 4.90 Å². The van der Waals surface area contributed by atoms with E-state index in [-0.39, 0.29) is 31.0 Å². The van der Waals surface area contributed by atoms with Crippen LogP contribution in [0.4, 0.5) is 18.9 Å². The van der Waals surface area contributed by atoms with Crippen molar-refractivity contribution in [2.24, 2.45) is 0 Å². The number of ether oxygens (including phenoxy) is 2. The molecule has 10 heteroatoms. The molecule has 0 N–H and O–H groups in total. The van der Waals surface area contributed by atoms with E-state index in [1.807, 2.05) is 4.90 Å². The van der Waals surface area contributed by atoms with E-state index in [4.69, 9.17) is 0 Å². The maximum Gasteiger partial charge on any atom is 0.573 e. The third-order valence-electron chi connectivity index (χ3n) is 4.13. The van der Waals surface area contributed by atoms with Gasteiger partial charge in [0.2, 0.25) is 5.91 Å². The van der Waals surface area contributed by atoms with Gasteiger partial charge in [-0.3, -0.25) is 4.79 Å². The van der Waals surface area contributed by atoms with E-state index in [2.05, 4.69) is 9.47 Å². The number of hydrogen-bond acceptors (Lipinski definition) is 6. The topological polar surface area (TPSA) is 76.2 Å². The van der Waals surface area contributed by atoms with Crippen LogP contribution in [0.2, 0.25) is 0 Å². The molecular weight excluding hydrogens is 369 g/mol. The molecule has 0 saturated carbocycles. The quantitative estimate of drug-likeness (QED) is 0.546. The number of amides is 1. The minimum absolute atomic E-state index is 0.0904. The van der Waals surface area contributed by atoms with Gasteiger partial charge in [-0.25, -0.2) is 4.79 Å². The fourth-order valence-corrected chi connectivity index (χ4v) is 2.86. The fraction of sp³-hybridized carbons (Fsp3) is 0.471. The number of rotatable bonds is 6. The molecule has 0 unspecified atom stereocenters. The second-order valence-corrected chi connectivity index (χ2v) is 5.81. The van der Waals surface area contributed by atoms with Crippen LogP contribution < -0.4 is 9.64 Å². The molecule has 1 aliphatic rings. The summed E-state index contributed by atoms with van der Waals surface area (Å²) in [6.45, 7) is 0.842. The van der Waals surface area contributed by atoms with Gasteiger partial charge in [-0.15, -0.1) is 13.2 Å². The lowest BCUT2D eigenvalue weighted by atomic mass is 10.1. The highest BCUT2D eigenvalue weighted by Gasteiger charge is 2.33. The molecule has 1 atom stereocenters. The number of aldehydes is 1. The maximum absolute atomic E-state index is 12.4. The molecule has 1 heterocycles. The van der Waals surface area contributed by atoms with E-state index in [1.165, 1.54) is 36.3 Å². The average Bonchev–Trinajstić information content (AvgIpc) is 2.80. The van der Waals surface area contributed by atoms with Crippen molar-refractivity contribution in [3.05, 3.63) is 24.3 Å². The van der Waals surface area contributed by atoms with Gasteiger partial charge in [-0.1, -0.05) is 0 Å². The number of benzene rings is 1. The lowest BCUT2D eigenvalue weighted by Crippen LogP contribution is -2.46. The van der Waals surface area contributed by atoms with Crippen molar-refractivity contribution in [3.63, 3.8) is 0 Å². The number of anilines is 1. The first kappa shape index (κ1) is 20.5. The second-order valence-electron chi connectivity index (χ2n) is 5.81. The first-order valence-electron chi connectivity index (χ1n) is 8.17. The predicted octanol–water partition coefficient (Wildman–Crippen LogP) is 1.75. The monoisotopic (exact) mass is 388 g/mol. The van der Waals surface area contributed by atoms with Gasteiger partial charge in [0, 0.05) is 38.2 Å². The van der Waals surface area contributed by atoms with Crippen molar-refractivity contribution in [2.75, 3.05) is 31.6 Å². The van der Waals surface area contributed by atoms with E-state index in [1.54, 1.807) is 0 Å². The maximum atomic E-state index is 12.4. The molecule has 1 aliphatic heterocycles. The summed E-state index contributed by atoms with van der Waals surface area (Å²) in [6, 6.07) is 4.32. The van der Waals surface area contributed by atoms with E-state index < -0.39 is 18.4 Å². The summed E-state index contributed by atoms with van der Waals surface area (Å²) >= 11 is 0. The fourth-order valence-electron chi connectivity index (χ4n) is 2.86. The third kappa shape index (κ3) is 5.60. The third-order valence-corrected chi connectivity index (χ3v) is 4.13. The number of esters is 1. The Morgan fingerprint density at radius 2 is 1.89 bits per heavy atom. The average molecular weight is 388 g/mol. The van der Waals surface area contributed by atoms with Crippen LogP contribution in [0.5, 0.6) is 5.75 Å². The molecule has 0 spiro atoms. The summed E-state index contributed by atoms with van der Waals surface area (Å²) < 4.78 is 45.2. The first-order chi connectivity index (χ1) is 12.7. The van der Waals surface area contributed by atoms with Crippen LogP contribution in [0, 0.1) is 0 Å². The number of hydrogen-bond donors (Lipinski definition) is 0. The second kappa shape index (κ2) is 8.74. The number of methoxy groups -OCH3 is 1. The Labute approximate surface area is 153 Å². The van der Waals surface area contributed by atoms with E-state index >= 15 is 0 Å². The van der Waals surface area contributed by atoms with Gasteiger partial charge in [0.15, 0.2) is 0 Å². The molecule has 0 bridgehead atoms. The Kier molecular flexibility index (Phi) is 6.65. The summed E-state index contributed by atoms with van der Waals surface area (Å²) in [7, 11) is 1.18. The van der Waals surface area contributed by atoms with Crippen LogP contribution in [0.1, 0.15) is 12.8 Å². The van der Waals surface area contributed by atoms with Crippen LogP contribution in [0.3, 0.4) is 0 Å². The number of carbonyl (C=O) groups is 3. The molecule has 0 aromatic heterocycles. The standard InChI is InChI=1S/C17H19F3N2O5/c1-26-16(25)14(7-11-23)22-10-9-21(8-6-15(22)24)12-2-4-13(5-3-12)27-17(18,19)20/h2-5,11,14H,6-10H2,1H3/t14-/m0/s1. The number of alkyl halides is 3. The number of nitrogens with zero attached hydrogens (tertiary/aromatic N) is 2. The molecule has 27 heavy (non-hydrogen) atoms. The molecule has 148 valence electrons. The molecule has 0 aliphatic carbocycles. The molecule has 0 radical (unpaired) electrons. The van der Waals surface area contributed by atoms with Crippen LogP contribution >= 0.6 is 0 Å². The molecule has 7 nitrogen and oxygen atoms in total. The van der Waals surface area contributed by atoms with Crippen LogP contribution in [-0.2, 0) is 19.1 Å². The lowest BCUT2D eigenvalue weighted by Gasteiger charge is -2.28. The van der Waals surface area contributed by atoms with Crippen LogP contribution in [-0.4, -0.2) is 62.2 Å². The molecule has 1 aromatic rings. The smallest absolute Gasteiger partial charge is 0.467 e. The SMILES string of the molecule is COC(=O)[C@H](CC=O)N1CCN(c2ccc(OC(F)(F)F)cc2)CCC1=O. The normalized spacial score (nSPS) is 16.5. The van der Waals surface area contributed by atoms with Gasteiger partial charge in [-0.05, 0) is 24.3 Å². The van der Waals surface area contributed by atoms with Crippen molar-refractivity contribution < 1.29 is 37.0 Å². The Balaban J connectivity index is 2.09. The summed E-state index contributed by atoms with van der Waals surface area (Å²) in [5, 5.41) is 0. The van der Waals surface area contributed by atoms with Crippen LogP contribution in [0.15, 0.2) is 24.3 Å². The Bertz CT molecular complexity index is 678. The molecule has 1 aromatic carbocycles. The summed E-state index contributed by atoms with van der Waals surface area (Å²) in [5.74, 6) is -1.31. The largest absolute Gasteiger partial charge is 0.573 e. The van der Waals surface area contributed by atoms with E-state index in [0.717, 1.165) is 0 Å².